The largest absolute Gasteiger partial charge is 0.497 e. The minimum absolute atomic E-state index is 0.0302. The van der Waals surface area contributed by atoms with Crippen LogP contribution >= 0.6 is 11.6 Å². The molecule has 0 unspecified atom stereocenters. The van der Waals surface area contributed by atoms with E-state index in [1.807, 2.05) is 0 Å². The molecule has 0 atom stereocenters. The number of methoxy groups -OCH3 is 1. The van der Waals surface area contributed by atoms with E-state index in [-0.39, 0.29) is 11.4 Å². The van der Waals surface area contributed by atoms with Crippen molar-refractivity contribution in [1.82, 2.24) is 4.31 Å². The first-order valence-corrected chi connectivity index (χ1v) is 10.4. The lowest BCUT2D eigenvalue weighted by Crippen LogP contribution is -2.37. The van der Waals surface area contributed by atoms with Gasteiger partial charge in [-0.3, -0.25) is 4.79 Å². The number of rotatable bonds is 8. The van der Waals surface area contributed by atoms with Crippen LogP contribution in [0.25, 0.3) is 0 Å². The third kappa shape index (κ3) is 5.38. The average molecular weight is 435 g/mol. The zero-order valence-electron chi connectivity index (χ0n) is 15.5. The van der Waals surface area contributed by atoms with Crippen LogP contribution in [0.4, 0.5) is 5.69 Å². The number of nitrogens with zero attached hydrogens (tertiary/aromatic N) is 1. The van der Waals surface area contributed by atoms with Gasteiger partial charge in [-0.1, -0.05) is 17.7 Å². The Labute approximate surface area is 173 Å². The second-order valence-corrected chi connectivity index (χ2v) is 8.46. The number of halogens is 1. The molecule has 0 saturated carbocycles. The number of anilines is 1. The molecule has 0 aliphatic rings. The normalized spacial score (nSPS) is 11.4. The van der Waals surface area contributed by atoms with Gasteiger partial charge in [0.05, 0.1) is 31.4 Å². The molecular formula is C20H19ClN2O5S. The maximum absolute atomic E-state index is 13.1. The van der Waals surface area contributed by atoms with Crippen molar-refractivity contribution in [1.29, 1.82) is 0 Å². The average Bonchev–Trinajstić information content (AvgIpc) is 3.21. The van der Waals surface area contributed by atoms with Crippen molar-refractivity contribution in [2.75, 3.05) is 19.0 Å². The molecule has 7 nitrogen and oxygen atoms in total. The Hall–Kier alpha value is -2.81. The van der Waals surface area contributed by atoms with Gasteiger partial charge in [0, 0.05) is 16.8 Å². The molecule has 0 fully saturated rings. The molecule has 1 N–H and O–H groups in total. The van der Waals surface area contributed by atoms with Gasteiger partial charge in [-0.05, 0) is 48.5 Å². The standard InChI is InChI=1S/C20H19ClN2O5S/c1-27-17-5-2-4-16(12-17)22-20(24)14-23(13-18-6-3-11-28-18)29(25,26)19-9-7-15(21)8-10-19/h2-12H,13-14H2,1H3,(H,22,24). The van der Waals surface area contributed by atoms with Crippen LogP contribution in [0.2, 0.25) is 5.02 Å². The van der Waals surface area contributed by atoms with E-state index in [1.165, 1.54) is 37.6 Å². The number of furan rings is 1. The summed E-state index contributed by atoms with van der Waals surface area (Å²) >= 11 is 5.86. The van der Waals surface area contributed by atoms with E-state index in [4.69, 9.17) is 20.8 Å². The van der Waals surface area contributed by atoms with Gasteiger partial charge in [-0.25, -0.2) is 8.42 Å². The first kappa shape index (κ1) is 20.9. The van der Waals surface area contributed by atoms with E-state index in [9.17, 15) is 13.2 Å². The van der Waals surface area contributed by atoms with Gasteiger partial charge in [0.2, 0.25) is 15.9 Å². The molecule has 1 aromatic heterocycles. The highest BCUT2D eigenvalue weighted by Crippen LogP contribution is 2.21. The van der Waals surface area contributed by atoms with E-state index < -0.39 is 22.5 Å². The van der Waals surface area contributed by atoms with Crippen molar-refractivity contribution < 1.29 is 22.4 Å². The van der Waals surface area contributed by atoms with Crippen molar-refractivity contribution in [2.45, 2.75) is 11.4 Å². The number of carbonyl (C=O) groups excluding carboxylic acids is 1. The van der Waals surface area contributed by atoms with E-state index in [2.05, 4.69) is 5.32 Å². The van der Waals surface area contributed by atoms with Crippen LogP contribution in [0.5, 0.6) is 5.75 Å². The minimum Gasteiger partial charge on any atom is -0.497 e. The van der Waals surface area contributed by atoms with Gasteiger partial charge in [0.1, 0.15) is 11.5 Å². The van der Waals surface area contributed by atoms with Crippen LogP contribution < -0.4 is 10.1 Å². The van der Waals surface area contributed by atoms with Gasteiger partial charge in [0.25, 0.3) is 0 Å². The SMILES string of the molecule is COc1cccc(NC(=O)CN(Cc2ccco2)S(=O)(=O)c2ccc(Cl)cc2)c1. The molecule has 0 bridgehead atoms. The van der Waals surface area contributed by atoms with Crippen molar-refractivity contribution in [3.05, 3.63) is 77.7 Å². The van der Waals surface area contributed by atoms with Crippen LogP contribution in [0.1, 0.15) is 5.76 Å². The van der Waals surface area contributed by atoms with Crippen molar-refractivity contribution in [3.63, 3.8) is 0 Å². The van der Waals surface area contributed by atoms with E-state index in [0.29, 0.717) is 22.2 Å². The molecule has 3 aromatic rings. The fraction of sp³-hybridized carbons (Fsp3) is 0.150. The van der Waals surface area contributed by atoms with Gasteiger partial charge >= 0.3 is 0 Å². The smallest absolute Gasteiger partial charge is 0.243 e. The number of hydrogen-bond acceptors (Lipinski definition) is 5. The van der Waals surface area contributed by atoms with Crippen LogP contribution in [-0.4, -0.2) is 32.3 Å². The molecule has 0 radical (unpaired) electrons. The third-order valence-electron chi connectivity index (χ3n) is 4.04. The fourth-order valence-corrected chi connectivity index (χ4v) is 4.11. The van der Waals surface area contributed by atoms with Crippen LogP contribution in [0.3, 0.4) is 0 Å². The Balaban J connectivity index is 1.83. The van der Waals surface area contributed by atoms with Crippen LogP contribution in [0, 0.1) is 0 Å². The molecule has 0 aliphatic carbocycles. The number of carbonyl (C=O) groups is 1. The molecule has 2 aromatic carbocycles. The summed E-state index contributed by atoms with van der Waals surface area (Å²) in [5.41, 5.74) is 0.496. The molecule has 0 aliphatic heterocycles. The number of sulfonamides is 1. The quantitative estimate of drug-likeness (QED) is 0.583. The topological polar surface area (TPSA) is 88.8 Å². The third-order valence-corrected chi connectivity index (χ3v) is 6.10. The predicted molar refractivity (Wildman–Crippen MR) is 109 cm³/mol. The lowest BCUT2D eigenvalue weighted by Gasteiger charge is -2.21. The van der Waals surface area contributed by atoms with Gasteiger partial charge < -0.3 is 14.5 Å². The summed E-state index contributed by atoms with van der Waals surface area (Å²) in [6.45, 7) is -0.494. The van der Waals surface area contributed by atoms with E-state index in [0.717, 1.165) is 4.31 Å². The lowest BCUT2D eigenvalue weighted by molar-refractivity contribution is -0.116. The maximum atomic E-state index is 13.1. The van der Waals surface area contributed by atoms with Crippen molar-refractivity contribution >= 4 is 33.2 Å². The zero-order valence-corrected chi connectivity index (χ0v) is 17.1. The lowest BCUT2D eigenvalue weighted by atomic mass is 10.3. The summed E-state index contributed by atoms with van der Waals surface area (Å²) in [5, 5.41) is 3.10. The summed E-state index contributed by atoms with van der Waals surface area (Å²) in [6, 6.07) is 15.8. The van der Waals surface area contributed by atoms with Gasteiger partial charge in [-0.15, -0.1) is 0 Å². The molecule has 0 spiro atoms. The summed E-state index contributed by atoms with van der Waals surface area (Å²) in [4.78, 5) is 12.6. The number of amides is 1. The van der Waals surface area contributed by atoms with Crippen molar-refractivity contribution in [3.8, 4) is 5.75 Å². The highest BCUT2D eigenvalue weighted by Gasteiger charge is 2.27. The number of benzene rings is 2. The summed E-state index contributed by atoms with van der Waals surface area (Å²) in [5.74, 6) is 0.489. The van der Waals surface area contributed by atoms with Crippen molar-refractivity contribution in [2.24, 2.45) is 0 Å². The Morgan fingerprint density at radius 3 is 2.55 bits per heavy atom. The van der Waals surface area contributed by atoms with E-state index >= 15 is 0 Å². The molecule has 152 valence electrons. The Morgan fingerprint density at radius 1 is 1.14 bits per heavy atom. The summed E-state index contributed by atoms with van der Waals surface area (Å²) in [6.07, 6.45) is 1.44. The minimum atomic E-state index is -3.96. The molecule has 3 rings (SSSR count). The zero-order chi connectivity index (χ0) is 20.9. The maximum Gasteiger partial charge on any atom is 0.243 e. The molecule has 29 heavy (non-hydrogen) atoms. The highest BCUT2D eigenvalue weighted by atomic mass is 35.5. The van der Waals surface area contributed by atoms with Crippen LogP contribution in [-0.2, 0) is 21.4 Å². The molecule has 1 heterocycles. The number of ether oxygens (including phenoxy) is 1. The molecule has 1 amide bonds. The monoisotopic (exact) mass is 434 g/mol. The summed E-state index contributed by atoms with van der Waals surface area (Å²) < 4.78 is 37.6. The van der Waals surface area contributed by atoms with Crippen LogP contribution in [0.15, 0.2) is 76.2 Å². The van der Waals surface area contributed by atoms with Gasteiger partial charge in [-0.2, -0.15) is 4.31 Å². The Bertz CT molecular complexity index is 1070. The van der Waals surface area contributed by atoms with Gasteiger partial charge in [0.15, 0.2) is 0 Å². The summed E-state index contributed by atoms with van der Waals surface area (Å²) in [7, 11) is -2.45. The first-order chi connectivity index (χ1) is 13.9. The molecule has 9 heteroatoms. The molecule has 0 saturated heterocycles. The Morgan fingerprint density at radius 2 is 1.90 bits per heavy atom. The Kier molecular flexibility index (Phi) is 6.58. The highest BCUT2D eigenvalue weighted by molar-refractivity contribution is 7.89. The number of hydrogen-bond donors (Lipinski definition) is 1. The van der Waals surface area contributed by atoms with E-state index in [1.54, 1.807) is 36.4 Å². The second kappa shape index (κ2) is 9.13. The number of nitrogens with one attached hydrogen (secondary N) is 1. The molecular weight excluding hydrogens is 416 g/mol. The second-order valence-electron chi connectivity index (χ2n) is 6.09. The predicted octanol–water partition coefficient (Wildman–Crippen LogP) is 3.77. The fourth-order valence-electron chi connectivity index (χ4n) is 2.62. The first-order valence-electron chi connectivity index (χ1n) is 8.60.